The van der Waals surface area contributed by atoms with Crippen LogP contribution in [0.15, 0.2) is 52.7 Å². The number of aryl methyl sites for hydroxylation is 1. The summed E-state index contributed by atoms with van der Waals surface area (Å²) < 4.78 is 5.18. The van der Waals surface area contributed by atoms with Gasteiger partial charge in [0.15, 0.2) is 0 Å². The second-order valence-electron chi connectivity index (χ2n) is 9.53. The molecule has 2 amide bonds. The molecule has 0 spiro atoms. The SMILES string of the molecule is CC(C)(C)OC(=O)NCCCCCCNC(=O)CCc1cc(N=Nc2ccccc2C(=O)O)ccc1O. The second kappa shape index (κ2) is 14.6. The third kappa shape index (κ3) is 11.6. The van der Waals surface area contributed by atoms with Gasteiger partial charge in [-0.3, -0.25) is 4.79 Å². The Labute approximate surface area is 217 Å². The molecule has 0 aromatic heterocycles. The summed E-state index contributed by atoms with van der Waals surface area (Å²) in [6, 6.07) is 10.9. The zero-order chi connectivity index (χ0) is 27.3. The highest BCUT2D eigenvalue weighted by molar-refractivity contribution is 5.93. The number of carbonyl (C=O) groups is 3. The molecule has 0 bridgehead atoms. The summed E-state index contributed by atoms with van der Waals surface area (Å²) in [7, 11) is 0. The predicted molar refractivity (Wildman–Crippen MR) is 140 cm³/mol. The van der Waals surface area contributed by atoms with Gasteiger partial charge in [-0.25, -0.2) is 9.59 Å². The maximum atomic E-state index is 12.2. The van der Waals surface area contributed by atoms with Crippen molar-refractivity contribution in [1.29, 1.82) is 0 Å². The normalized spacial score (nSPS) is 11.3. The van der Waals surface area contributed by atoms with Crippen LogP contribution >= 0.6 is 0 Å². The third-order valence-electron chi connectivity index (χ3n) is 5.19. The van der Waals surface area contributed by atoms with Crippen LogP contribution in [0.3, 0.4) is 0 Å². The minimum Gasteiger partial charge on any atom is -0.508 e. The number of carboxylic acids is 1. The molecular weight excluding hydrogens is 476 g/mol. The number of phenolic OH excluding ortho intramolecular Hbond substituents is 1. The van der Waals surface area contributed by atoms with Crippen molar-refractivity contribution in [2.24, 2.45) is 10.2 Å². The zero-order valence-electron chi connectivity index (χ0n) is 21.6. The van der Waals surface area contributed by atoms with Crippen LogP contribution in [-0.2, 0) is 16.0 Å². The highest BCUT2D eigenvalue weighted by Gasteiger charge is 2.15. The molecule has 0 aliphatic heterocycles. The number of nitrogens with one attached hydrogen (secondary N) is 2. The summed E-state index contributed by atoms with van der Waals surface area (Å²) in [6.45, 7) is 6.57. The molecule has 0 radical (unpaired) electrons. The van der Waals surface area contributed by atoms with Crippen LogP contribution in [0.1, 0.15) is 68.8 Å². The lowest BCUT2D eigenvalue weighted by Crippen LogP contribution is -2.33. The fourth-order valence-electron chi connectivity index (χ4n) is 3.36. The van der Waals surface area contributed by atoms with Crippen LogP contribution in [0.25, 0.3) is 0 Å². The molecule has 10 heteroatoms. The number of phenols is 1. The molecule has 37 heavy (non-hydrogen) atoms. The maximum Gasteiger partial charge on any atom is 0.407 e. The number of benzene rings is 2. The van der Waals surface area contributed by atoms with Gasteiger partial charge >= 0.3 is 12.1 Å². The number of hydrogen-bond donors (Lipinski definition) is 4. The number of carboxylic acid groups (broad SMARTS) is 1. The van der Waals surface area contributed by atoms with E-state index in [0.29, 0.717) is 30.8 Å². The van der Waals surface area contributed by atoms with Gasteiger partial charge in [0.1, 0.15) is 17.0 Å². The van der Waals surface area contributed by atoms with Gasteiger partial charge < -0.3 is 25.6 Å². The van der Waals surface area contributed by atoms with Crippen molar-refractivity contribution in [1.82, 2.24) is 10.6 Å². The minimum atomic E-state index is -1.10. The highest BCUT2D eigenvalue weighted by atomic mass is 16.6. The quantitative estimate of drug-likeness (QED) is 0.201. The number of hydrogen-bond acceptors (Lipinski definition) is 7. The highest BCUT2D eigenvalue weighted by Crippen LogP contribution is 2.27. The summed E-state index contributed by atoms with van der Waals surface area (Å²) >= 11 is 0. The molecule has 2 aromatic carbocycles. The maximum absolute atomic E-state index is 12.2. The zero-order valence-corrected chi connectivity index (χ0v) is 21.6. The molecule has 0 aliphatic carbocycles. The molecule has 4 N–H and O–H groups in total. The summed E-state index contributed by atoms with van der Waals surface area (Å²) in [5.74, 6) is -1.16. The first kappa shape index (κ1) is 29.3. The number of azo groups is 1. The van der Waals surface area contributed by atoms with E-state index in [1.54, 1.807) is 30.3 Å². The number of nitrogens with zero attached hydrogens (tertiary/aromatic N) is 2. The van der Waals surface area contributed by atoms with E-state index in [0.717, 1.165) is 25.7 Å². The smallest absolute Gasteiger partial charge is 0.407 e. The van der Waals surface area contributed by atoms with Gasteiger partial charge in [-0.15, -0.1) is 5.11 Å². The van der Waals surface area contributed by atoms with E-state index < -0.39 is 17.7 Å². The van der Waals surface area contributed by atoms with Gasteiger partial charge in [-0.05, 0) is 75.9 Å². The fraction of sp³-hybridized carbons (Fsp3) is 0.444. The second-order valence-corrected chi connectivity index (χ2v) is 9.53. The molecule has 2 rings (SSSR count). The standard InChI is InChI=1S/C27H36N4O6/c1-27(2,3)37-26(36)29-17-9-5-4-8-16-28-24(33)15-12-19-18-20(13-14-23(19)32)30-31-22-11-7-6-10-21(22)25(34)35/h6-7,10-11,13-14,18,32H,4-5,8-9,12,15-17H2,1-3H3,(H,28,33)(H,29,36)(H,34,35). The van der Waals surface area contributed by atoms with Crippen molar-refractivity contribution in [3.05, 3.63) is 53.6 Å². The molecule has 0 saturated heterocycles. The van der Waals surface area contributed by atoms with Crippen LogP contribution in [0, 0.1) is 0 Å². The van der Waals surface area contributed by atoms with Crippen molar-refractivity contribution in [2.45, 2.75) is 64.9 Å². The Hall–Kier alpha value is -3.95. The minimum absolute atomic E-state index is 0.0411. The molecule has 0 atom stereocenters. The molecule has 2 aromatic rings. The molecule has 0 unspecified atom stereocenters. The molecule has 10 nitrogen and oxygen atoms in total. The van der Waals surface area contributed by atoms with Crippen LogP contribution in [-0.4, -0.2) is 46.9 Å². The molecule has 0 aliphatic rings. The van der Waals surface area contributed by atoms with Crippen LogP contribution in [0.2, 0.25) is 0 Å². The Balaban J connectivity index is 1.69. The van der Waals surface area contributed by atoms with E-state index >= 15 is 0 Å². The monoisotopic (exact) mass is 512 g/mol. The van der Waals surface area contributed by atoms with Crippen LogP contribution in [0.4, 0.5) is 16.2 Å². The van der Waals surface area contributed by atoms with Gasteiger partial charge in [0, 0.05) is 19.5 Å². The molecular formula is C27H36N4O6. The average molecular weight is 513 g/mol. The number of amides is 2. The first-order chi connectivity index (χ1) is 17.5. The molecule has 200 valence electrons. The van der Waals surface area contributed by atoms with E-state index in [1.165, 1.54) is 12.1 Å². The average Bonchev–Trinajstić information content (AvgIpc) is 2.83. The molecule has 0 saturated carbocycles. The number of carbonyl (C=O) groups excluding carboxylic acids is 2. The topological polar surface area (TPSA) is 150 Å². The number of aromatic hydroxyl groups is 1. The summed E-state index contributed by atoms with van der Waals surface area (Å²) in [5, 5.41) is 33.1. The lowest BCUT2D eigenvalue weighted by Gasteiger charge is -2.19. The predicted octanol–water partition coefficient (Wildman–Crippen LogP) is 5.64. The van der Waals surface area contributed by atoms with Crippen molar-refractivity contribution >= 4 is 29.3 Å². The lowest BCUT2D eigenvalue weighted by atomic mass is 10.1. The Bertz CT molecular complexity index is 1090. The number of alkyl carbamates (subject to hydrolysis) is 1. The van der Waals surface area contributed by atoms with Crippen molar-refractivity contribution in [2.75, 3.05) is 13.1 Å². The third-order valence-corrected chi connectivity index (χ3v) is 5.19. The van der Waals surface area contributed by atoms with Crippen molar-refractivity contribution in [3.8, 4) is 5.75 Å². The lowest BCUT2D eigenvalue weighted by molar-refractivity contribution is -0.121. The van der Waals surface area contributed by atoms with Gasteiger partial charge in [0.05, 0.1) is 11.3 Å². The molecule has 0 fully saturated rings. The largest absolute Gasteiger partial charge is 0.508 e. The van der Waals surface area contributed by atoms with Gasteiger partial charge in [-0.2, -0.15) is 5.11 Å². The van der Waals surface area contributed by atoms with E-state index in [2.05, 4.69) is 20.9 Å². The summed E-state index contributed by atoms with van der Waals surface area (Å²) in [4.78, 5) is 35.1. The van der Waals surface area contributed by atoms with E-state index in [-0.39, 0.29) is 29.3 Å². The summed E-state index contributed by atoms with van der Waals surface area (Å²) in [6.07, 6.45) is 3.63. The Morgan fingerprint density at radius 1 is 0.919 bits per heavy atom. The van der Waals surface area contributed by atoms with Crippen LogP contribution in [0.5, 0.6) is 5.75 Å². The van der Waals surface area contributed by atoms with Gasteiger partial charge in [0.25, 0.3) is 0 Å². The first-order valence-corrected chi connectivity index (χ1v) is 12.3. The summed E-state index contributed by atoms with van der Waals surface area (Å²) in [5.41, 5.74) is 0.749. The number of ether oxygens (including phenoxy) is 1. The molecule has 0 heterocycles. The number of aromatic carboxylic acids is 1. The number of rotatable bonds is 13. The Kier molecular flexibility index (Phi) is 11.5. The van der Waals surface area contributed by atoms with Crippen molar-refractivity contribution in [3.63, 3.8) is 0 Å². The van der Waals surface area contributed by atoms with E-state index in [9.17, 15) is 24.6 Å². The van der Waals surface area contributed by atoms with Gasteiger partial charge in [0.2, 0.25) is 5.91 Å². The van der Waals surface area contributed by atoms with Crippen molar-refractivity contribution < 1.29 is 29.3 Å². The van der Waals surface area contributed by atoms with Crippen LogP contribution < -0.4 is 10.6 Å². The first-order valence-electron chi connectivity index (χ1n) is 12.3. The van der Waals surface area contributed by atoms with E-state index in [4.69, 9.17) is 4.74 Å². The van der Waals surface area contributed by atoms with E-state index in [1.807, 2.05) is 20.8 Å². The number of unbranched alkanes of at least 4 members (excludes halogenated alkanes) is 3. The fourth-order valence-corrected chi connectivity index (χ4v) is 3.36. The Morgan fingerprint density at radius 2 is 1.59 bits per heavy atom. The van der Waals surface area contributed by atoms with Gasteiger partial charge in [-0.1, -0.05) is 25.0 Å². The Morgan fingerprint density at radius 3 is 2.27 bits per heavy atom.